The second-order valence-electron chi connectivity index (χ2n) is 5.54. The van der Waals surface area contributed by atoms with Gasteiger partial charge in [0.05, 0.1) is 0 Å². The molecule has 110 valence electrons. The van der Waals surface area contributed by atoms with Crippen LogP contribution in [0, 0.1) is 5.92 Å². The highest BCUT2D eigenvalue weighted by molar-refractivity contribution is 5.91. The number of anilines is 2. The molecule has 0 aromatic heterocycles. The Balaban J connectivity index is 1.86. The lowest BCUT2D eigenvalue weighted by molar-refractivity contribution is -0.119. The summed E-state index contributed by atoms with van der Waals surface area (Å²) in [6.45, 7) is 2.34. The highest BCUT2D eigenvalue weighted by Crippen LogP contribution is 2.29. The number of benzene rings is 1. The topological polar surface area (TPSA) is 50.4 Å². The molecule has 0 heterocycles. The monoisotopic (exact) mass is 276 g/mol. The minimum Gasteiger partial charge on any atom is -0.382 e. The van der Waals surface area contributed by atoms with Gasteiger partial charge in [-0.3, -0.25) is 4.79 Å². The number of nitrogens with one attached hydrogen (secondary N) is 2. The fourth-order valence-electron chi connectivity index (χ4n) is 2.82. The van der Waals surface area contributed by atoms with E-state index in [4.69, 9.17) is 4.74 Å². The van der Waals surface area contributed by atoms with Gasteiger partial charge in [0.25, 0.3) is 0 Å². The number of methoxy groups -OCH3 is 1. The van der Waals surface area contributed by atoms with Crippen molar-refractivity contribution in [2.24, 2.45) is 5.92 Å². The van der Waals surface area contributed by atoms with Crippen LogP contribution in [0.25, 0.3) is 0 Å². The van der Waals surface area contributed by atoms with Crippen LogP contribution in [0.4, 0.5) is 11.4 Å². The maximum atomic E-state index is 11.4. The van der Waals surface area contributed by atoms with E-state index in [1.54, 1.807) is 0 Å². The van der Waals surface area contributed by atoms with Gasteiger partial charge in [-0.15, -0.1) is 0 Å². The lowest BCUT2D eigenvalue weighted by Gasteiger charge is -2.21. The summed E-state index contributed by atoms with van der Waals surface area (Å²) in [5, 5.41) is 6.34. The molecule has 1 aliphatic carbocycles. The molecule has 4 nitrogen and oxygen atoms in total. The Bertz CT molecular complexity index is 425. The summed E-state index contributed by atoms with van der Waals surface area (Å²) >= 11 is 0. The molecule has 0 spiro atoms. The first-order valence-electron chi connectivity index (χ1n) is 7.34. The molecule has 1 aromatic carbocycles. The summed E-state index contributed by atoms with van der Waals surface area (Å²) in [7, 11) is 1.51. The Kier molecular flexibility index (Phi) is 5.41. The molecular formula is C16H24N2O2. The summed E-state index contributed by atoms with van der Waals surface area (Å²) in [6.07, 6.45) is 5.39. The molecule has 2 rings (SSSR count). The summed E-state index contributed by atoms with van der Waals surface area (Å²) in [4.78, 5) is 11.4. The second-order valence-corrected chi connectivity index (χ2v) is 5.54. The van der Waals surface area contributed by atoms with Gasteiger partial charge >= 0.3 is 0 Å². The van der Waals surface area contributed by atoms with Crippen molar-refractivity contribution in [3.05, 3.63) is 24.3 Å². The van der Waals surface area contributed by atoms with Gasteiger partial charge in [0.2, 0.25) is 5.91 Å². The van der Waals surface area contributed by atoms with E-state index in [0.717, 1.165) is 17.3 Å². The van der Waals surface area contributed by atoms with E-state index in [-0.39, 0.29) is 12.5 Å². The van der Waals surface area contributed by atoms with E-state index in [2.05, 4.69) is 17.6 Å². The molecule has 1 aliphatic rings. The standard InChI is InChI=1S/C16H24N2O2/c1-12(13-5-3-4-6-13)17-14-7-9-15(10-8-14)18-16(19)11-20-2/h7-10,12-13,17H,3-6,11H2,1-2H3,(H,18,19). The molecule has 0 saturated heterocycles. The Labute approximate surface area is 120 Å². The van der Waals surface area contributed by atoms with Crippen molar-refractivity contribution in [3.63, 3.8) is 0 Å². The lowest BCUT2D eigenvalue weighted by Crippen LogP contribution is -2.23. The molecule has 1 aromatic rings. The van der Waals surface area contributed by atoms with Gasteiger partial charge in [-0.1, -0.05) is 12.8 Å². The molecule has 1 amide bonds. The largest absolute Gasteiger partial charge is 0.382 e. The number of hydrogen-bond acceptors (Lipinski definition) is 3. The highest BCUT2D eigenvalue weighted by atomic mass is 16.5. The van der Waals surface area contributed by atoms with Gasteiger partial charge in [0.15, 0.2) is 0 Å². The number of rotatable bonds is 6. The molecule has 0 bridgehead atoms. The third-order valence-electron chi connectivity index (χ3n) is 3.95. The lowest BCUT2D eigenvalue weighted by atomic mass is 9.99. The van der Waals surface area contributed by atoms with Gasteiger partial charge in [0, 0.05) is 24.5 Å². The van der Waals surface area contributed by atoms with Crippen molar-refractivity contribution in [2.75, 3.05) is 24.4 Å². The van der Waals surface area contributed by atoms with Crippen LogP contribution in [0.15, 0.2) is 24.3 Å². The zero-order valence-electron chi connectivity index (χ0n) is 12.3. The highest BCUT2D eigenvalue weighted by Gasteiger charge is 2.21. The predicted octanol–water partition coefficient (Wildman–Crippen LogP) is 3.26. The van der Waals surface area contributed by atoms with Crippen molar-refractivity contribution in [3.8, 4) is 0 Å². The number of amides is 1. The molecule has 1 fully saturated rings. The number of ether oxygens (including phenoxy) is 1. The minimum absolute atomic E-state index is 0.0821. The average molecular weight is 276 g/mol. The fraction of sp³-hybridized carbons (Fsp3) is 0.562. The van der Waals surface area contributed by atoms with Crippen molar-refractivity contribution >= 4 is 17.3 Å². The zero-order valence-corrected chi connectivity index (χ0v) is 12.3. The SMILES string of the molecule is COCC(=O)Nc1ccc(NC(C)C2CCCC2)cc1. The average Bonchev–Trinajstić information content (AvgIpc) is 2.95. The molecular weight excluding hydrogens is 252 g/mol. The first kappa shape index (κ1) is 14.9. The van der Waals surface area contributed by atoms with E-state index in [9.17, 15) is 4.79 Å². The Hall–Kier alpha value is -1.55. The van der Waals surface area contributed by atoms with E-state index in [0.29, 0.717) is 6.04 Å². The van der Waals surface area contributed by atoms with Crippen molar-refractivity contribution in [1.82, 2.24) is 0 Å². The van der Waals surface area contributed by atoms with E-state index >= 15 is 0 Å². The van der Waals surface area contributed by atoms with Crippen molar-refractivity contribution in [1.29, 1.82) is 0 Å². The van der Waals surface area contributed by atoms with Crippen molar-refractivity contribution < 1.29 is 9.53 Å². The Morgan fingerprint density at radius 1 is 1.25 bits per heavy atom. The van der Waals surface area contributed by atoms with Crippen LogP contribution in [-0.2, 0) is 9.53 Å². The summed E-state index contributed by atoms with van der Waals surface area (Å²) in [5.41, 5.74) is 1.90. The van der Waals surface area contributed by atoms with Gasteiger partial charge in [-0.05, 0) is 49.9 Å². The number of hydrogen-bond donors (Lipinski definition) is 2. The summed E-state index contributed by atoms with van der Waals surface area (Å²) in [5.74, 6) is 0.656. The van der Waals surface area contributed by atoms with E-state index in [1.807, 2.05) is 24.3 Å². The fourth-order valence-corrected chi connectivity index (χ4v) is 2.82. The van der Waals surface area contributed by atoms with Gasteiger partial charge in [-0.25, -0.2) is 0 Å². The van der Waals surface area contributed by atoms with Gasteiger partial charge in [0.1, 0.15) is 6.61 Å². The van der Waals surface area contributed by atoms with Crippen LogP contribution in [0.5, 0.6) is 0 Å². The molecule has 4 heteroatoms. The molecule has 1 atom stereocenters. The van der Waals surface area contributed by atoms with Crippen molar-refractivity contribution in [2.45, 2.75) is 38.6 Å². The van der Waals surface area contributed by atoms with Crippen LogP contribution in [-0.4, -0.2) is 25.7 Å². The van der Waals surface area contributed by atoms with Crippen LogP contribution in [0.3, 0.4) is 0 Å². The minimum atomic E-state index is -0.132. The number of carbonyl (C=O) groups excluding carboxylic acids is 1. The van der Waals surface area contributed by atoms with Crippen LogP contribution in [0.2, 0.25) is 0 Å². The normalized spacial score (nSPS) is 16.9. The molecule has 0 radical (unpaired) electrons. The summed E-state index contributed by atoms with van der Waals surface area (Å²) in [6, 6.07) is 8.35. The quantitative estimate of drug-likeness (QED) is 0.838. The van der Waals surface area contributed by atoms with Crippen LogP contribution >= 0.6 is 0 Å². The molecule has 20 heavy (non-hydrogen) atoms. The maximum absolute atomic E-state index is 11.4. The van der Waals surface area contributed by atoms with E-state index < -0.39 is 0 Å². The van der Waals surface area contributed by atoms with Crippen LogP contribution in [0.1, 0.15) is 32.6 Å². The first-order chi connectivity index (χ1) is 9.69. The molecule has 1 saturated carbocycles. The van der Waals surface area contributed by atoms with Crippen LogP contribution < -0.4 is 10.6 Å². The van der Waals surface area contributed by atoms with Gasteiger partial charge in [-0.2, -0.15) is 0 Å². The molecule has 2 N–H and O–H groups in total. The first-order valence-corrected chi connectivity index (χ1v) is 7.34. The predicted molar refractivity (Wildman–Crippen MR) is 82.0 cm³/mol. The zero-order chi connectivity index (χ0) is 14.4. The Morgan fingerprint density at radius 2 is 1.85 bits per heavy atom. The summed E-state index contributed by atoms with van der Waals surface area (Å²) < 4.78 is 4.78. The molecule has 0 aliphatic heterocycles. The van der Waals surface area contributed by atoms with E-state index in [1.165, 1.54) is 32.8 Å². The third kappa shape index (κ3) is 4.23. The van der Waals surface area contributed by atoms with Gasteiger partial charge < -0.3 is 15.4 Å². The third-order valence-corrected chi connectivity index (χ3v) is 3.95. The maximum Gasteiger partial charge on any atom is 0.250 e. The Morgan fingerprint density at radius 3 is 2.45 bits per heavy atom. The number of carbonyl (C=O) groups is 1. The molecule has 1 unspecified atom stereocenters. The smallest absolute Gasteiger partial charge is 0.250 e. The second kappa shape index (κ2) is 7.29.